The first kappa shape index (κ1) is 21.9. The van der Waals surface area contributed by atoms with Crippen LogP contribution in [0.25, 0.3) is 100 Å². The Labute approximate surface area is 297 Å². The van der Waals surface area contributed by atoms with Gasteiger partial charge in [0.1, 0.15) is 22.3 Å². The molecule has 0 fully saturated rings. The Morgan fingerprint density at radius 2 is 1.00 bits per heavy atom. The summed E-state index contributed by atoms with van der Waals surface area (Å²) in [6.45, 7) is 0. The van der Waals surface area contributed by atoms with Gasteiger partial charge >= 0.3 is 0 Å². The first-order chi connectivity index (χ1) is 27.7. The number of para-hydroxylation sites is 2. The highest BCUT2D eigenvalue weighted by molar-refractivity contribution is 6.13. The fourth-order valence-electron chi connectivity index (χ4n) is 6.55. The van der Waals surface area contributed by atoms with Crippen molar-refractivity contribution in [1.82, 2.24) is 15.0 Å². The minimum Gasteiger partial charge on any atom is -0.456 e. The summed E-state index contributed by atoms with van der Waals surface area (Å²) in [5, 5.41) is 1.99. The largest absolute Gasteiger partial charge is 0.456 e. The van der Waals surface area contributed by atoms with Crippen LogP contribution in [0.2, 0.25) is 0 Å². The number of benzene rings is 7. The van der Waals surface area contributed by atoms with Crippen LogP contribution in [0.3, 0.4) is 0 Å². The number of aromatic nitrogens is 3. The van der Waals surface area contributed by atoms with E-state index in [0.717, 1.165) is 38.6 Å². The summed E-state index contributed by atoms with van der Waals surface area (Å²) in [5.74, 6) is 1.17. The summed E-state index contributed by atoms with van der Waals surface area (Å²) < 4.78 is 72.4. The Morgan fingerprint density at radius 3 is 1.90 bits per heavy atom. The van der Waals surface area contributed by atoms with Crippen LogP contribution in [0.5, 0.6) is 0 Å². The first-order valence-electron chi connectivity index (χ1n) is 19.5. The third-order valence-corrected chi connectivity index (χ3v) is 8.89. The normalized spacial score (nSPS) is 13.6. The molecule has 0 aliphatic rings. The van der Waals surface area contributed by atoms with Crippen LogP contribution in [0.15, 0.2) is 172 Å². The predicted molar refractivity (Wildman–Crippen MR) is 202 cm³/mol. The van der Waals surface area contributed by atoms with Gasteiger partial charge in [0.25, 0.3) is 0 Å². The zero-order chi connectivity index (χ0) is 39.1. The number of furan rings is 2. The maximum atomic E-state index is 9.07. The van der Waals surface area contributed by atoms with Crippen molar-refractivity contribution >= 4 is 43.9 Å². The van der Waals surface area contributed by atoms with E-state index >= 15 is 0 Å². The molecule has 0 amide bonds. The molecule has 5 nitrogen and oxygen atoms in total. The highest BCUT2D eigenvalue weighted by atomic mass is 16.3. The average molecular weight is 649 g/mol. The Kier molecular flexibility index (Phi) is 4.99. The summed E-state index contributed by atoms with van der Waals surface area (Å²) in [6.07, 6.45) is 0. The van der Waals surface area contributed by atoms with Crippen LogP contribution in [0.4, 0.5) is 0 Å². The molecule has 3 aromatic heterocycles. The second kappa shape index (κ2) is 11.4. The van der Waals surface area contributed by atoms with E-state index in [2.05, 4.69) is 12.1 Å². The van der Waals surface area contributed by atoms with Crippen LogP contribution in [0, 0.1) is 0 Å². The van der Waals surface area contributed by atoms with Crippen molar-refractivity contribution in [2.45, 2.75) is 0 Å². The fourth-order valence-corrected chi connectivity index (χ4v) is 6.55. The highest BCUT2D eigenvalue weighted by Gasteiger charge is 2.19. The molecule has 234 valence electrons. The first-order valence-corrected chi connectivity index (χ1v) is 16.0. The smallest absolute Gasteiger partial charge is 0.164 e. The van der Waals surface area contributed by atoms with E-state index in [1.807, 2.05) is 91.0 Å². The molecule has 0 aliphatic carbocycles. The third-order valence-electron chi connectivity index (χ3n) is 8.89. The van der Waals surface area contributed by atoms with Crippen LogP contribution in [0.1, 0.15) is 9.60 Å². The van der Waals surface area contributed by atoms with Gasteiger partial charge in [-0.15, -0.1) is 0 Å². The molecular formula is C45H27N3O2. The van der Waals surface area contributed by atoms with Crippen LogP contribution in [-0.2, 0) is 0 Å². The molecular weight excluding hydrogens is 615 g/mol. The molecule has 10 aromatic rings. The van der Waals surface area contributed by atoms with Crippen molar-refractivity contribution in [2.75, 3.05) is 0 Å². The van der Waals surface area contributed by atoms with Gasteiger partial charge in [0.15, 0.2) is 17.5 Å². The van der Waals surface area contributed by atoms with Crippen molar-refractivity contribution in [3.63, 3.8) is 0 Å². The molecule has 10 rings (SSSR count). The maximum Gasteiger partial charge on any atom is 0.164 e. The van der Waals surface area contributed by atoms with Gasteiger partial charge in [0.2, 0.25) is 0 Å². The Bertz CT molecular complexity index is 3270. The quantitative estimate of drug-likeness (QED) is 0.186. The lowest BCUT2D eigenvalue weighted by Gasteiger charge is -2.11. The van der Waals surface area contributed by atoms with Gasteiger partial charge in [-0.2, -0.15) is 0 Å². The van der Waals surface area contributed by atoms with Crippen molar-refractivity contribution in [3.8, 4) is 56.4 Å². The highest BCUT2D eigenvalue weighted by Crippen LogP contribution is 2.39. The van der Waals surface area contributed by atoms with E-state index in [1.165, 1.54) is 0 Å². The average Bonchev–Trinajstić information content (AvgIpc) is 3.84. The number of hydrogen-bond acceptors (Lipinski definition) is 5. The third kappa shape index (κ3) is 4.67. The lowest BCUT2D eigenvalue weighted by atomic mass is 9.97. The van der Waals surface area contributed by atoms with Gasteiger partial charge in [-0.3, -0.25) is 0 Å². The monoisotopic (exact) mass is 648 g/mol. The summed E-state index contributed by atoms with van der Waals surface area (Å²) in [5.41, 5.74) is 6.02. The molecule has 0 atom stereocenters. The van der Waals surface area contributed by atoms with E-state index in [0.29, 0.717) is 34.2 Å². The minimum absolute atomic E-state index is 0.0440. The molecule has 3 heterocycles. The summed E-state index contributed by atoms with van der Waals surface area (Å²) in [7, 11) is 0. The fraction of sp³-hybridized carbons (Fsp3) is 0. The summed E-state index contributed by atoms with van der Waals surface area (Å²) in [4.78, 5) is 15.1. The second-order valence-electron chi connectivity index (χ2n) is 11.9. The molecule has 0 aliphatic heterocycles. The summed E-state index contributed by atoms with van der Waals surface area (Å²) in [6, 6.07) is 36.0. The number of nitrogens with zero attached hydrogens (tertiary/aromatic N) is 3. The van der Waals surface area contributed by atoms with E-state index in [1.54, 1.807) is 18.2 Å². The van der Waals surface area contributed by atoms with E-state index in [4.69, 9.17) is 33.4 Å². The minimum atomic E-state index is -0.478. The molecule has 50 heavy (non-hydrogen) atoms. The summed E-state index contributed by atoms with van der Waals surface area (Å²) >= 11 is 0. The van der Waals surface area contributed by atoms with Crippen molar-refractivity contribution in [2.24, 2.45) is 0 Å². The van der Waals surface area contributed by atoms with Crippen molar-refractivity contribution in [3.05, 3.63) is 164 Å². The van der Waals surface area contributed by atoms with Crippen molar-refractivity contribution in [1.29, 1.82) is 0 Å². The molecule has 0 saturated carbocycles. The lowest BCUT2D eigenvalue weighted by Crippen LogP contribution is -2.00. The molecule has 5 heteroatoms. The number of rotatable bonds is 5. The second-order valence-corrected chi connectivity index (χ2v) is 11.9. The molecule has 0 bridgehead atoms. The van der Waals surface area contributed by atoms with E-state index in [9.17, 15) is 0 Å². The maximum absolute atomic E-state index is 9.07. The zero-order valence-corrected chi connectivity index (χ0v) is 26.2. The Balaban J connectivity index is 1.21. The molecule has 0 spiro atoms. The lowest BCUT2D eigenvalue weighted by molar-refractivity contribution is 0.668. The Hall–Kier alpha value is -6.85. The van der Waals surface area contributed by atoms with Crippen LogP contribution in [-0.4, -0.2) is 15.0 Å². The standard InChI is InChI=1S/C45H27N3O2/c1-2-11-28(12-3-1)29-23-25-30(26-24-29)43-46-44(48-45(47-43)36-18-10-22-40-42(36)35-16-5-7-20-38(35)50-40)32-14-8-13-31(27-32)33-17-9-21-39-41(33)34-15-4-6-19-37(34)49-39/h1-27H/i4D,6D,9D,15D,17D,19D,21D. The van der Waals surface area contributed by atoms with Crippen LogP contribution >= 0.6 is 0 Å². The SMILES string of the molecule is [2H]c1c([2H])c([2H])c2c(oc3c([2H])c([2H])c([2H])c(-c4cccc(-c5nc(-c6ccc(-c7ccccc7)cc6)nc(-c6cccc7oc8ccccc8c67)n5)c4)c32)c1[2H]. The van der Waals surface area contributed by atoms with Crippen molar-refractivity contribution < 1.29 is 18.4 Å². The Morgan fingerprint density at radius 1 is 0.380 bits per heavy atom. The number of fused-ring (bicyclic) bond motifs is 6. The van der Waals surface area contributed by atoms with E-state index < -0.39 is 24.2 Å². The predicted octanol–water partition coefficient (Wildman–Crippen LogP) is 12.0. The molecule has 0 radical (unpaired) electrons. The van der Waals surface area contributed by atoms with Gasteiger partial charge in [-0.05, 0) is 52.5 Å². The molecule has 0 unspecified atom stereocenters. The van der Waals surface area contributed by atoms with Crippen LogP contribution < -0.4 is 0 Å². The number of hydrogen-bond donors (Lipinski definition) is 0. The van der Waals surface area contributed by atoms with Gasteiger partial charge in [-0.25, -0.2) is 15.0 Å². The molecule has 0 N–H and O–H groups in total. The molecule has 0 saturated heterocycles. The van der Waals surface area contributed by atoms with Gasteiger partial charge in [0.05, 0.1) is 9.60 Å². The van der Waals surface area contributed by atoms with Gasteiger partial charge < -0.3 is 8.83 Å². The molecule has 7 aromatic carbocycles. The topological polar surface area (TPSA) is 65.0 Å². The zero-order valence-electron chi connectivity index (χ0n) is 33.2. The van der Waals surface area contributed by atoms with Gasteiger partial charge in [0, 0.05) is 38.2 Å². The van der Waals surface area contributed by atoms with Gasteiger partial charge in [-0.1, -0.05) is 133 Å². The van der Waals surface area contributed by atoms with E-state index in [-0.39, 0.29) is 45.6 Å².